The molecule has 0 saturated carbocycles. The maximum absolute atomic E-state index is 12.3. The van der Waals surface area contributed by atoms with Gasteiger partial charge in [0.25, 0.3) is 5.91 Å². The van der Waals surface area contributed by atoms with E-state index >= 15 is 0 Å². The van der Waals surface area contributed by atoms with E-state index in [2.05, 4.69) is 38.5 Å². The van der Waals surface area contributed by atoms with Crippen LogP contribution in [-0.2, 0) is 0 Å². The number of benzene rings is 1. The predicted molar refractivity (Wildman–Crippen MR) is 80.0 cm³/mol. The number of amides is 1. The number of rotatable bonds is 1. The van der Waals surface area contributed by atoms with E-state index in [-0.39, 0.29) is 11.9 Å². The normalized spacial score (nSPS) is 17.2. The van der Waals surface area contributed by atoms with Gasteiger partial charge in [-0.25, -0.2) is 0 Å². The van der Waals surface area contributed by atoms with Crippen molar-refractivity contribution in [1.29, 1.82) is 0 Å². The van der Waals surface area contributed by atoms with E-state index in [1.54, 1.807) is 0 Å². The Morgan fingerprint density at radius 2 is 2.06 bits per heavy atom. The van der Waals surface area contributed by atoms with Gasteiger partial charge in [0.2, 0.25) is 0 Å². The van der Waals surface area contributed by atoms with Gasteiger partial charge in [-0.3, -0.25) is 4.79 Å². The van der Waals surface area contributed by atoms with Crippen LogP contribution < -0.4 is 5.73 Å². The number of nitrogens with two attached hydrogens (primary N) is 1. The number of carbonyl (C=O) groups is 1. The highest BCUT2D eigenvalue weighted by molar-refractivity contribution is 14.1. The summed E-state index contributed by atoms with van der Waals surface area (Å²) in [4.78, 5) is 14.2. The highest BCUT2D eigenvalue weighted by Crippen LogP contribution is 2.21. The monoisotopic (exact) mass is 408 g/mol. The number of likely N-dealkylation sites (tertiary alicyclic amines) is 1. The number of piperidine rings is 1. The van der Waals surface area contributed by atoms with Gasteiger partial charge < -0.3 is 10.6 Å². The Morgan fingerprint density at radius 1 is 1.41 bits per heavy atom. The van der Waals surface area contributed by atoms with E-state index in [1.165, 1.54) is 0 Å². The van der Waals surface area contributed by atoms with E-state index in [4.69, 9.17) is 5.73 Å². The molecule has 0 spiro atoms. The van der Waals surface area contributed by atoms with Crippen molar-refractivity contribution in [3.05, 3.63) is 31.8 Å². The Morgan fingerprint density at radius 3 is 2.71 bits per heavy atom. The Labute approximate surface area is 123 Å². The topological polar surface area (TPSA) is 46.3 Å². The maximum Gasteiger partial charge on any atom is 0.254 e. The molecule has 1 fully saturated rings. The fraction of sp³-hybridized carbons (Fsp3) is 0.417. The third-order valence-electron chi connectivity index (χ3n) is 2.99. The molecule has 92 valence electrons. The smallest absolute Gasteiger partial charge is 0.254 e. The summed E-state index contributed by atoms with van der Waals surface area (Å²) < 4.78 is 1.93. The molecule has 1 aliphatic heterocycles. The van der Waals surface area contributed by atoms with E-state index in [0.29, 0.717) is 0 Å². The van der Waals surface area contributed by atoms with Gasteiger partial charge in [-0.2, -0.15) is 0 Å². The molecular formula is C12H14BrIN2O. The van der Waals surface area contributed by atoms with Crippen LogP contribution >= 0.6 is 38.5 Å². The second-order valence-corrected chi connectivity index (χ2v) is 6.33. The molecule has 1 aromatic rings. The van der Waals surface area contributed by atoms with Gasteiger partial charge >= 0.3 is 0 Å². The van der Waals surface area contributed by atoms with Crippen LogP contribution in [0.5, 0.6) is 0 Å². The lowest BCUT2D eigenvalue weighted by Crippen LogP contribution is -2.43. The largest absolute Gasteiger partial charge is 0.338 e. The Kier molecular flexibility index (Phi) is 4.43. The summed E-state index contributed by atoms with van der Waals surface area (Å²) in [6.07, 6.45) is 1.80. The summed E-state index contributed by atoms with van der Waals surface area (Å²) in [7, 11) is 0. The lowest BCUT2D eigenvalue weighted by atomic mass is 10.1. The van der Waals surface area contributed by atoms with Gasteiger partial charge in [-0.05, 0) is 53.6 Å². The number of nitrogens with zero attached hydrogens (tertiary/aromatic N) is 1. The van der Waals surface area contributed by atoms with Gasteiger partial charge in [0.1, 0.15) is 0 Å². The average molecular weight is 409 g/mol. The molecular weight excluding hydrogens is 395 g/mol. The molecule has 1 aliphatic rings. The summed E-state index contributed by atoms with van der Waals surface area (Å²) in [5.74, 6) is 0.114. The van der Waals surface area contributed by atoms with E-state index in [9.17, 15) is 4.79 Å². The molecule has 0 atom stereocenters. The van der Waals surface area contributed by atoms with Gasteiger partial charge in [-0.1, -0.05) is 15.9 Å². The first-order valence-electron chi connectivity index (χ1n) is 5.58. The Bertz CT molecular complexity index is 431. The summed E-state index contributed by atoms with van der Waals surface area (Å²) in [5.41, 5.74) is 6.62. The zero-order valence-electron chi connectivity index (χ0n) is 9.33. The highest BCUT2D eigenvalue weighted by Gasteiger charge is 2.23. The van der Waals surface area contributed by atoms with Crippen molar-refractivity contribution >= 4 is 44.4 Å². The lowest BCUT2D eigenvalue weighted by Gasteiger charge is -2.30. The van der Waals surface area contributed by atoms with Gasteiger partial charge in [0.05, 0.1) is 5.56 Å². The van der Waals surface area contributed by atoms with Crippen molar-refractivity contribution in [3.63, 3.8) is 0 Å². The van der Waals surface area contributed by atoms with Crippen LogP contribution in [0.1, 0.15) is 23.2 Å². The zero-order valence-corrected chi connectivity index (χ0v) is 13.1. The second-order valence-electron chi connectivity index (χ2n) is 4.25. The van der Waals surface area contributed by atoms with Gasteiger partial charge in [-0.15, -0.1) is 0 Å². The van der Waals surface area contributed by atoms with Crippen LogP contribution in [-0.4, -0.2) is 29.9 Å². The van der Waals surface area contributed by atoms with E-state index in [1.807, 2.05) is 23.1 Å². The van der Waals surface area contributed by atoms with Crippen molar-refractivity contribution in [1.82, 2.24) is 4.90 Å². The van der Waals surface area contributed by atoms with Crippen LogP contribution in [0, 0.1) is 3.57 Å². The zero-order chi connectivity index (χ0) is 12.4. The summed E-state index contributed by atoms with van der Waals surface area (Å²) >= 11 is 5.60. The second kappa shape index (κ2) is 5.67. The number of hydrogen-bond acceptors (Lipinski definition) is 2. The van der Waals surface area contributed by atoms with Gasteiger partial charge in [0.15, 0.2) is 0 Å². The first-order valence-corrected chi connectivity index (χ1v) is 7.45. The molecule has 1 aromatic carbocycles. The van der Waals surface area contributed by atoms with Crippen LogP contribution in [0.3, 0.4) is 0 Å². The molecule has 1 amide bonds. The first-order chi connectivity index (χ1) is 8.08. The summed E-state index contributed by atoms with van der Waals surface area (Å²) in [5, 5.41) is 0. The van der Waals surface area contributed by atoms with Crippen LogP contribution in [0.2, 0.25) is 0 Å². The van der Waals surface area contributed by atoms with Gasteiger partial charge in [0, 0.05) is 27.2 Å². The minimum absolute atomic E-state index is 0.114. The Balaban J connectivity index is 2.16. The standard InChI is InChI=1S/C12H14BrIN2O/c13-8-1-2-11(14)10(7-8)12(17)16-5-3-9(15)4-6-16/h1-2,7,9H,3-6,15H2. The molecule has 2 N–H and O–H groups in total. The highest BCUT2D eigenvalue weighted by atomic mass is 127. The number of halogens is 2. The summed E-state index contributed by atoms with van der Waals surface area (Å²) in [6.45, 7) is 1.53. The quantitative estimate of drug-likeness (QED) is 0.726. The minimum Gasteiger partial charge on any atom is -0.338 e. The molecule has 5 heteroatoms. The molecule has 0 aliphatic carbocycles. The molecule has 0 bridgehead atoms. The molecule has 2 rings (SSSR count). The molecule has 0 aromatic heterocycles. The van der Waals surface area contributed by atoms with Crippen molar-refractivity contribution in [3.8, 4) is 0 Å². The third kappa shape index (κ3) is 3.20. The summed E-state index contributed by atoms with van der Waals surface area (Å²) in [6, 6.07) is 6.04. The minimum atomic E-state index is 0.114. The SMILES string of the molecule is NC1CCN(C(=O)c2cc(Br)ccc2I)CC1. The maximum atomic E-state index is 12.3. The average Bonchev–Trinajstić information content (AvgIpc) is 2.32. The van der Waals surface area contributed by atoms with Crippen molar-refractivity contribution < 1.29 is 4.79 Å². The number of carbonyl (C=O) groups excluding carboxylic acids is 1. The Hall–Kier alpha value is -0.140. The fourth-order valence-corrected chi connectivity index (χ4v) is 2.86. The molecule has 1 saturated heterocycles. The molecule has 0 radical (unpaired) electrons. The van der Waals surface area contributed by atoms with Crippen LogP contribution in [0.15, 0.2) is 22.7 Å². The predicted octanol–water partition coefficient (Wildman–Crippen LogP) is 2.62. The van der Waals surface area contributed by atoms with Crippen molar-refractivity contribution in [2.45, 2.75) is 18.9 Å². The lowest BCUT2D eigenvalue weighted by molar-refractivity contribution is 0.0713. The fourth-order valence-electron chi connectivity index (χ4n) is 1.93. The number of hydrogen-bond donors (Lipinski definition) is 1. The third-order valence-corrected chi connectivity index (χ3v) is 4.42. The molecule has 1 heterocycles. The van der Waals surface area contributed by atoms with E-state index < -0.39 is 0 Å². The van der Waals surface area contributed by atoms with Crippen molar-refractivity contribution in [2.24, 2.45) is 5.73 Å². The molecule has 0 unspecified atom stereocenters. The van der Waals surface area contributed by atoms with E-state index in [0.717, 1.165) is 39.5 Å². The van der Waals surface area contributed by atoms with Crippen LogP contribution in [0.25, 0.3) is 0 Å². The first kappa shape index (κ1) is 13.3. The molecule has 3 nitrogen and oxygen atoms in total. The van der Waals surface area contributed by atoms with Crippen LogP contribution in [0.4, 0.5) is 0 Å². The molecule has 17 heavy (non-hydrogen) atoms. The van der Waals surface area contributed by atoms with Crippen molar-refractivity contribution in [2.75, 3.05) is 13.1 Å².